The molecule has 0 aliphatic heterocycles. The van der Waals surface area contributed by atoms with Gasteiger partial charge in [0.1, 0.15) is 0 Å². The van der Waals surface area contributed by atoms with Crippen molar-refractivity contribution in [2.24, 2.45) is 0 Å². The Labute approximate surface area is 119 Å². The first-order valence-electron chi connectivity index (χ1n) is 6.89. The molecular weight excluding hydrogens is 256 g/mol. The first kappa shape index (κ1) is 14.3. The van der Waals surface area contributed by atoms with Crippen molar-refractivity contribution in [1.29, 1.82) is 0 Å². The van der Waals surface area contributed by atoms with Crippen LogP contribution in [0.5, 0.6) is 0 Å². The predicted molar refractivity (Wildman–Crippen MR) is 81.3 cm³/mol. The van der Waals surface area contributed by atoms with Gasteiger partial charge in [0.25, 0.3) is 0 Å². The van der Waals surface area contributed by atoms with E-state index < -0.39 is 0 Å². The van der Waals surface area contributed by atoms with Crippen LogP contribution in [0.2, 0.25) is 0 Å². The molecule has 1 aromatic rings. The average molecular weight is 278 g/mol. The zero-order chi connectivity index (χ0) is 13.8. The van der Waals surface area contributed by atoms with E-state index in [0.29, 0.717) is 6.04 Å². The molecule has 0 spiro atoms. The lowest BCUT2D eigenvalue weighted by atomic mass is 10.2. The van der Waals surface area contributed by atoms with Crippen molar-refractivity contribution in [1.82, 2.24) is 5.32 Å². The minimum Gasteiger partial charge on any atom is -0.399 e. The summed E-state index contributed by atoms with van der Waals surface area (Å²) in [6, 6.07) is 6.31. The third kappa shape index (κ3) is 3.90. The predicted octanol–water partition coefficient (Wildman–Crippen LogP) is 3.12. The Balaban J connectivity index is 1.90. The van der Waals surface area contributed by atoms with Crippen LogP contribution >= 0.6 is 11.8 Å². The number of benzene rings is 1. The summed E-state index contributed by atoms with van der Waals surface area (Å²) in [4.78, 5) is 13.2. The molecule has 1 aliphatic rings. The number of hydrogen-bond acceptors (Lipinski definition) is 3. The number of aryl methyl sites for hydroxylation is 1. The van der Waals surface area contributed by atoms with E-state index >= 15 is 0 Å². The Bertz CT molecular complexity index is 455. The van der Waals surface area contributed by atoms with Crippen LogP contribution in [0.25, 0.3) is 0 Å². The largest absolute Gasteiger partial charge is 0.399 e. The van der Waals surface area contributed by atoms with Gasteiger partial charge in [0, 0.05) is 16.6 Å². The van der Waals surface area contributed by atoms with E-state index in [9.17, 15) is 4.79 Å². The minimum absolute atomic E-state index is 0.0661. The molecule has 3 N–H and O–H groups in total. The number of carbonyl (C=O) groups excluding carboxylic acids is 1. The molecule has 0 saturated heterocycles. The van der Waals surface area contributed by atoms with E-state index in [4.69, 9.17) is 5.73 Å². The molecular formula is C15H22N2OS. The maximum Gasteiger partial charge on any atom is 0.233 e. The SMILES string of the molecule is Cc1cc(SC(C)C(=O)NC2CCCC2)ccc1N. The van der Waals surface area contributed by atoms with Crippen LogP contribution in [0.15, 0.2) is 23.1 Å². The zero-order valence-corrected chi connectivity index (χ0v) is 12.4. The maximum atomic E-state index is 12.1. The Morgan fingerprint density at radius 3 is 2.74 bits per heavy atom. The van der Waals surface area contributed by atoms with Crippen LogP contribution < -0.4 is 11.1 Å². The van der Waals surface area contributed by atoms with Crippen LogP contribution in [-0.2, 0) is 4.79 Å². The number of anilines is 1. The van der Waals surface area contributed by atoms with Gasteiger partial charge in [0.2, 0.25) is 5.91 Å². The minimum atomic E-state index is -0.0661. The van der Waals surface area contributed by atoms with Gasteiger partial charge in [0.15, 0.2) is 0 Å². The molecule has 1 saturated carbocycles. The summed E-state index contributed by atoms with van der Waals surface area (Å²) in [5, 5.41) is 3.07. The van der Waals surface area contributed by atoms with Gasteiger partial charge in [-0.3, -0.25) is 4.79 Å². The second-order valence-electron chi connectivity index (χ2n) is 5.27. The van der Waals surface area contributed by atoms with Gasteiger partial charge in [-0.25, -0.2) is 0 Å². The molecule has 19 heavy (non-hydrogen) atoms. The van der Waals surface area contributed by atoms with Crippen LogP contribution in [0.1, 0.15) is 38.2 Å². The van der Waals surface area contributed by atoms with E-state index in [1.807, 2.05) is 32.0 Å². The second-order valence-corrected chi connectivity index (χ2v) is 6.68. The molecule has 2 rings (SSSR count). The summed E-state index contributed by atoms with van der Waals surface area (Å²) in [7, 11) is 0. The van der Waals surface area contributed by atoms with Crippen molar-refractivity contribution in [2.45, 2.75) is 55.7 Å². The summed E-state index contributed by atoms with van der Waals surface area (Å²) < 4.78 is 0. The Kier molecular flexibility index (Phi) is 4.75. The molecule has 0 bridgehead atoms. The monoisotopic (exact) mass is 278 g/mol. The van der Waals surface area contributed by atoms with Crippen molar-refractivity contribution in [2.75, 3.05) is 5.73 Å². The highest BCUT2D eigenvalue weighted by molar-refractivity contribution is 8.00. The molecule has 0 aromatic heterocycles. The van der Waals surface area contributed by atoms with Crippen molar-refractivity contribution < 1.29 is 4.79 Å². The first-order chi connectivity index (χ1) is 9.06. The van der Waals surface area contributed by atoms with E-state index in [1.54, 1.807) is 11.8 Å². The molecule has 1 aliphatic carbocycles. The summed E-state index contributed by atoms with van der Waals surface area (Å²) in [6.07, 6.45) is 4.74. The van der Waals surface area contributed by atoms with Gasteiger partial charge >= 0.3 is 0 Å². The molecule has 0 radical (unpaired) electrons. The number of amides is 1. The Morgan fingerprint density at radius 1 is 1.42 bits per heavy atom. The van der Waals surface area contributed by atoms with Crippen LogP contribution in [0.4, 0.5) is 5.69 Å². The van der Waals surface area contributed by atoms with Crippen molar-refractivity contribution >= 4 is 23.4 Å². The third-order valence-electron chi connectivity index (χ3n) is 3.62. The lowest BCUT2D eigenvalue weighted by Gasteiger charge is -2.16. The Hall–Kier alpha value is -1.16. The molecule has 1 fully saturated rings. The first-order valence-corrected chi connectivity index (χ1v) is 7.77. The molecule has 3 nitrogen and oxygen atoms in total. The summed E-state index contributed by atoms with van der Waals surface area (Å²) in [5.74, 6) is 0.145. The molecule has 1 amide bonds. The zero-order valence-electron chi connectivity index (χ0n) is 11.6. The van der Waals surface area contributed by atoms with Crippen molar-refractivity contribution in [3.8, 4) is 0 Å². The van der Waals surface area contributed by atoms with E-state index in [2.05, 4.69) is 5.32 Å². The molecule has 1 aromatic carbocycles. The van der Waals surface area contributed by atoms with Gasteiger partial charge < -0.3 is 11.1 Å². The second kappa shape index (κ2) is 6.33. The smallest absolute Gasteiger partial charge is 0.233 e. The van der Waals surface area contributed by atoms with Gasteiger partial charge in [-0.1, -0.05) is 12.8 Å². The van der Waals surface area contributed by atoms with Crippen LogP contribution in [0.3, 0.4) is 0 Å². The fraction of sp³-hybridized carbons (Fsp3) is 0.533. The maximum absolute atomic E-state index is 12.1. The van der Waals surface area contributed by atoms with E-state index in [1.165, 1.54) is 12.8 Å². The van der Waals surface area contributed by atoms with Gasteiger partial charge in [-0.05, 0) is 50.5 Å². The summed E-state index contributed by atoms with van der Waals surface area (Å²) in [6.45, 7) is 3.95. The molecule has 0 heterocycles. The third-order valence-corrected chi connectivity index (χ3v) is 4.72. The van der Waals surface area contributed by atoms with Crippen LogP contribution in [-0.4, -0.2) is 17.2 Å². The number of thioether (sulfide) groups is 1. The number of rotatable bonds is 4. The standard InChI is InChI=1S/C15H22N2OS/c1-10-9-13(7-8-14(10)16)19-11(2)15(18)17-12-5-3-4-6-12/h7-9,11-12H,3-6,16H2,1-2H3,(H,17,18). The highest BCUT2D eigenvalue weighted by Gasteiger charge is 2.21. The quantitative estimate of drug-likeness (QED) is 0.657. The van der Waals surface area contributed by atoms with E-state index in [-0.39, 0.29) is 11.2 Å². The highest BCUT2D eigenvalue weighted by atomic mass is 32.2. The average Bonchev–Trinajstić information content (AvgIpc) is 2.86. The number of nitrogen functional groups attached to an aromatic ring is 1. The summed E-state index contributed by atoms with van der Waals surface area (Å²) in [5.41, 5.74) is 7.66. The normalized spacial score (nSPS) is 17.4. The highest BCUT2D eigenvalue weighted by Crippen LogP contribution is 2.27. The fourth-order valence-corrected chi connectivity index (χ4v) is 3.34. The summed E-state index contributed by atoms with van der Waals surface area (Å²) >= 11 is 1.59. The lowest BCUT2D eigenvalue weighted by molar-refractivity contribution is -0.120. The number of hydrogen-bond donors (Lipinski definition) is 2. The van der Waals surface area contributed by atoms with Gasteiger partial charge in [0.05, 0.1) is 5.25 Å². The van der Waals surface area contributed by atoms with E-state index in [0.717, 1.165) is 29.0 Å². The fourth-order valence-electron chi connectivity index (χ4n) is 2.37. The van der Waals surface area contributed by atoms with Gasteiger partial charge in [-0.2, -0.15) is 0 Å². The molecule has 104 valence electrons. The van der Waals surface area contributed by atoms with Crippen molar-refractivity contribution in [3.63, 3.8) is 0 Å². The van der Waals surface area contributed by atoms with Gasteiger partial charge in [-0.15, -0.1) is 11.8 Å². The van der Waals surface area contributed by atoms with Crippen molar-refractivity contribution in [3.05, 3.63) is 23.8 Å². The molecule has 4 heteroatoms. The molecule has 1 atom stereocenters. The number of nitrogens with two attached hydrogens (primary N) is 1. The molecule has 1 unspecified atom stereocenters. The topological polar surface area (TPSA) is 55.1 Å². The van der Waals surface area contributed by atoms with Crippen LogP contribution in [0, 0.1) is 6.92 Å². The lowest BCUT2D eigenvalue weighted by Crippen LogP contribution is -2.37. The Morgan fingerprint density at radius 2 is 2.11 bits per heavy atom. The number of nitrogens with one attached hydrogen (secondary N) is 1. The number of carbonyl (C=O) groups is 1.